The molecule has 5 nitrogen and oxygen atoms in total. The van der Waals surface area contributed by atoms with Crippen LogP contribution in [0.5, 0.6) is 0 Å². The van der Waals surface area contributed by atoms with Crippen molar-refractivity contribution in [3.63, 3.8) is 0 Å². The summed E-state index contributed by atoms with van der Waals surface area (Å²) in [6, 6.07) is 11.4. The number of carbonyl (C=O) groups excluding carboxylic acids is 1. The minimum Gasteiger partial charge on any atom is -0.478 e. The van der Waals surface area contributed by atoms with Crippen molar-refractivity contribution in [3.05, 3.63) is 64.9 Å². The van der Waals surface area contributed by atoms with Crippen molar-refractivity contribution < 1.29 is 19.1 Å². The summed E-state index contributed by atoms with van der Waals surface area (Å²) in [6.07, 6.45) is 1.38. The molecule has 2 aromatic carbocycles. The summed E-state index contributed by atoms with van der Waals surface area (Å²) >= 11 is 5.88. The molecule has 0 saturated carbocycles. The predicted molar refractivity (Wildman–Crippen MR) is 82.6 cm³/mol. The van der Waals surface area contributed by atoms with Gasteiger partial charge in [0.15, 0.2) is 0 Å². The largest absolute Gasteiger partial charge is 0.478 e. The number of para-hydroxylation sites is 1. The SMILES string of the molecule is O=C(O)c1ccc(NC(=O)c2coc3ccccc23)cc1Cl. The first-order chi connectivity index (χ1) is 10.6. The fourth-order valence-electron chi connectivity index (χ4n) is 2.12. The molecular formula is C16H10ClNO4. The normalized spacial score (nSPS) is 10.6. The Hall–Kier alpha value is -2.79. The van der Waals surface area contributed by atoms with Gasteiger partial charge in [0.25, 0.3) is 5.91 Å². The molecule has 0 atom stereocenters. The third-order valence-corrected chi connectivity index (χ3v) is 3.50. The standard InChI is InChI=1S/C16H10ClNO4/c17-13-7-9(5-6-11(13)16(20)21)18-15(19)12-8-22-14-4-2-1-3-10(12)14/h1-8H,(H,18,19)(H,20,21). The number of carbonyl (C=O) groups is 2. The molecule has 0 spiro atoms. The molecule has 0 bridgehead atoms. The van der Waals surface area contributed by atoms with Crippen LogP contribution in [0, 0.1) is 0 Å². The van der Waals surface area contributed by atoms with Gasteiger partial charge in [-0.15, -0.1) is 0 Å². The van der Waals surface area contributed by atoms with E-state index in [0.29, 0.717) is 22.2 Å². The Bertz CT molecular complexity index is 885. The van der Waals surface area contributed by atoms with Crippen LogP contribution in [-0.2, 0) is 0 Å². The molecule has 0 unspecified atom stereocenters. The summed E-state index contributed by atoms with van der Waals surface area (Å²) in [5.74, 6) is -1.48. The molecule has 110 valence electrons. The molecule has 0 aliphatic heterocycles. The summed E-state index contributed by atoms with van der Waals surface area (Å²) < 4.78 is 5.32. The van der Waals surface area contributed by atoms with Gasteiger partial charge in [-0.3, -0.25) is 4.79 Å². The van der Waals surface area contributed by atoms with Crippen molar-refractivity contribution >= 4 is 40.1 Å². The number of aromatic carboxylic acids is 1. The van der Waals surface area contributed by atoms with Crippen LogP contribution in [0.25, 0.3) is 11.0 Å². The molecule has 0 aliphatic rings. The molecule has 0 fully saturated rings. The lowest BCUT2D eigenvalue weighted by atomic mass is 10.1. The number of benzene rings is 2. The lowest BCUT2D eigenvalue weighted by Gasteiger charge is -2.06. The van der Waals surface area contributed by atoms with Crippen LogP contribution in [-0.4, -0.2) is 17.0 Å². The first-order valence-electron chi connectivity index (χ1n) is 6.36. The van der Waals surface area contributed by atoms with Gasteiger partial charge in [-0.05, 0) is 24.3 Å². The van der Waals surface area contributed by atoms with Crippen LogP contribution in [0.4, 0.5) is 5.69 Å². The number of halogens is 1. The average molecular weight is 316 g/mol. The second-order valence-corrected chi connectivity index (χ2v) is 5.01. The molecule has 0 radical (unpaired) electrons. The van der Waals surface area contributed by atoms with Crippen LogP contribution in [0.15, 0.2) is 53.1 Å². The molecular weight excluding hydrogens is 306 g/mol. The molecule has 1 amide bonds. The predicted octanol–water partition coefficient (Wildman–Crippen LogP) is 4.04. The zero-order valence-electron chi connectivity index (χ0n) is 11.2. The quantitative estimate of drug-likeness (QED) is 0.764. The van der Waals surface area contributed by atoms with Gasteiger partial charge in [-0.2, -0.15) is 0 Å². The highest BCUT2D eigenvalue weighted by Crippen LogP contribution is 2.24. The molecule has 0 saturated heterocycles. The summed E-state index contributed by atoms with van der Waals surface area (Å²) in [5, 5.41) is 12.3. The minimum absolute atomic E-state index is 0.0200. The number of fused-ring (bicyclic) bond motifs is 1. The maximum atomic E-state index is 12.3. The van der Waals surface area contributed by atoms with E-state index in [0.717, 1.165) is 0 Å². The zero-order valence-corrected chi connectivity index (χ0v) is 11.9. The monoisotopic (exact) mass is 315 g/mol. The van der Waals surface area contributed by atoms with E-state index in [9.17, 15) is 9.59 Å². The van der Waals surface area contributed by atoms with Gasteiger partial charge in [-0.1, -0.05) is 29.8 Å². The lowest BCUT2D eigenvalue weighted by Crippen LogP contribution is -2.11. The van der Waals surface area contributed by atoms with Gasteiger partial charge < -0.3 is 14.8 Å². The lowest BCUT2D eigenvalue weighted by molar-refractivity contribution is 0.0697. The number of hydrogen-bond donors (Lipinski definition) is 2. The fraction of sp³-hybridized carbons (Fsp3) is 0. The fourth-order valence-corrected chi connectivity index (χ4v) is 2.38. The Kier molecular flexibility index (Phi) is 3.56. The summed E-state index contributed by atoms with van der Waals surface area (Å²) in [7, 11) is 0. The van der Waals surface area contributed by atoms with E-state index in [2.05, 4.69) is 5.32 Å². The topological polar surface area (TPSA) is 79.5 Å². The summed E-state index contributed by atoms with van der Waals surface area (Å²) in [5.41, 5.74) is 1.40. The highest BCUT2D eigenvalue weighted by Gasteiger charge is 2.15. The molecule has 1 aromatic heterocycles. The van der Waals surface area contributed by atoms with Gasteiger partial charge in [0.1, 0.15) is 11.8 Å². The summed E-state index contributed by atoms with van der Waals surface area (Å²) in [6.45, 7) is 0. The van der Waals surface area contributed by atoms with Crippen molar-refractivity contribution in [2.24, 2.45) is 0 Å². The van der Waals surface area contributed by atoms with Crippen molar-refractivity contribution in [1.82, 2.24) is 0 Å². The Morgan fingerprint density at radius 3 is 2.59 bits per heavy atom. The molecule has 6 heteroatoms. The Morgan fingerprint density at radius 1 is 1.09 bits per heavy atom. The van der Waals surface area contributed by atoms with Crippen LogP contribution in [0.3, 0.4) is 0 Å². The number of anilines is 1. The highest BCUT2D eigenvalue weighted by atomic mass is 35.5. The third kappa shape index (κ3) is 2.54. The van der Waals surface area contributed by atoms with E-state index in [1.807, 2.05) is 12.1 Å². The van der Waals surface area contributed by atoms with E-state index in [4.69, 9.17) is 21.1 Å². The third-order valence-electron chi connectivity index (χ3n) is 3.18. The highest BCUT2D eigenvalue weighted by molar-refractivity contribution is 6.33. The number of carboxylic acid groups (broad SMARTS) is 1. The molecule has 22 heavy (non-hydrogen) atoms. The van der Waals surface area contributed by atoms with E-state index in [1.165, 1.54) is 24.5 Å². The van der Waals surface area contributed by atoms with Gasteiger partial charge >= 0.3 is 5.97 Å². The van der Waals surface area contributed by atoms with Gasteiger partial charge in [0, 0.05) is 11.1 Å². The van der Waals surface area contributed by atoms with E-state index in [1.54, 1.807) is 12.1 Å². The van der Waals surface area contributed by atoms with Crippen LogP contribution < -0.4 is 5.32 Å². The number of carboxylic acids is 1. The zero-order chi connectivity index (χ0) is 15.7. The first kappa shape index (κ1) is 14.2. The van der Waals surface area contributed by atoms with Crippen LogP contribution >= 0.6 is 11.6 Å². The van der Waals surface area contributed by atoms with Crippen LogP contribution in [0.2, 0.25) is 5.02 Å². The number of hydrogen-bond acceptors (Lipinski definition) is 3. The van der Waals surface area contributed by atoms with E-state index in [-0.39, 0.29) is 16.5 Å². The van der Waals surface area contributed by atoms with Crippen molar-refractivity contribution in [2.75, 3.05) is 5.32 Å². The molecule has 0 aliphatic carbocycles. The minimum atomic E-state index is -1.12. The maximum absolute atomic E-state index is 12.3. The second kappa shape index (κ2) is 5.54. The van der Waals surface area contributed by atoms with E-state index < -0.39 is 5.97 Å². The Balaban J connectivity index is 1.88. The number of furan rings is 1. The van der Waals surface area contributed by atoms with Crippen molar-refractivity contribution in [2.45, 2.75) is 0 Å². The second-order valence-electron chi connectivity index (χ2n) is 4.60. The molecule has 2 N–H and O–H groups in total. The van der Waals surface area contributed by atoms with Gasteiger partial charge in [0.2, 0.25) is 0 Å². The van der Waals surface area contributed by atoms with Crippen molar-refractivity contribution in [3.8, 4) is 0 Å². The van der Waals surface area contributed by atoms with Gasteiger partial charge in [-0.25, -0.2) is 4.79 Å². The number of rotatable bonds is 3. The molecule has 3 rings (SSSR count). The average Bonchev–Trinajstić information content (AvgIpc) is 2.91. The Labute approximate surface area is 130 Å². The number of nitrogens with one attached hydrogen (secondary N) is 1. The number of amides is 1. The molecule has 1 heterocycles. The van der Waals surface area contributed by atoms with Gasteiger partial charge in [0.05, 0.1) is 16.1 Å². The molecule has 3 aromatic rings. The van der Waals surface area contributed by atoms with E-state index >= 15 is 0 Å². The maximum Gasteiger partial charge on any atom is 0.337 e. The van der Waals surface area contributed by atoms with Crippen LogP contribution in [0.1, 0.15) is 20.7 Å². The Morgan fingerprint density at radius 2 is 1.86 bits per heavy atom. The first-order valence-corrected chi connectivity index (χ1v) is 6.74. The van der Waals surface area contributed by atoms with Crippen molar-refractivity contribution in [1.29, 1.82) is 0 Å². The smallest absolute Gasteiger partial charge is 0.337 e. The summed E-state index contributed by atoms with van der Waals surface area (Å²) in [4.78, 5) is 23.2.